The zero-order valence-electron chi connectivity index (χ0n) is 8.95. The van der Waals surface area contributed by atoms with E-state index in [-0.39, 0.29) is 11.5 Å². The van der Waals surface area contributed by atoms with Crippen molar-refractivity contribution in [2.45, 2.75) is 6.92 Å². The van der Waals surface area contributed by atoms with Crippen LogP contribution in [0.5, 0.6) is 0 Å². The van der Waals surface area contributed by atoms with Crippen LogP contribution in [0.4, 0.5) is 4.39 Å². The third kappa shape index (κ3) is 2.33. The van der Waals surface area contributed by atoms with Gasteiger partial charge in [-0.3, -0.25) is 0 Å². The van der Waals surface area contributed by atoms with Crippen molar-refractivity contribution in [3.05, 3.63) is 51.1 Å². The summed E-state index contributed by atoms with van der Waals surface area (Å²) in [6.07, 6.45) is 1.71. The number of carboxylic acids is 1. The molecule has 0 aliphatic rings. The number of carboxylic acid groups (broad SMARTS) is 1. The lowest BCUT2D eigenvalue weighted by Crippen LogP contribution is -2.05. The van der Waals surface area contributed by atoms with Gasteiger partial charge < -0.3 is 9.67 Å². The monoisotopic (exact) mass is 345 g/mol. The highest BCUT2D eigenvalue weighted by molar-refractivity contribution is 14.1. The SMILES string of the molecule is Cc1cc(-n2cc(I)cc2C(=O)O)ccc1F. The molecule has 0 saturated heterocycles. The van der Waals surface area contributed by atoms with Crippen LogP contribution in [0.15, 0.2) is 30.5 Å². The Labute approximate surface area is 111 Å². The van der Waals surface area contributed by atoms with E-state index in [2.05, 4.69) is 0 Å². The fraction of sp³-hybridized carbons (Fsp3) is 0.0833. The van der Waals surface area contributed by atoms with E-state index in [0.717, 1.165) is 3.57 Å². The lowest BCUT2D eigenvalue weighted by atomic mass is 10.2. The van der Waals surface area contributed by atoms with E-state index in [9.17, 15) is 9.18 Å². The van der Waals surface area contributed by atoms with Crippen LogP contribution in [0, 0.1) is 16.3 Å². The highest BCUT2D eigenvalue weighted by Crippen LogP contribution is 2.19. The number of aryl methyl sites for hydroxylation is 1. The molecular weight excluding hydrogens is 336 g/mol. The molecule has 0 atom stereocenters. The van der Waals surface area contributed by atoms with Crippen LogP contribution in [0.3, 0.4) is 0 Å². The molecule has 3 nitrogen and oxygen atoms in total. The molecule has 0 aliphatic heterocycles. The number of carbonyl (C=O) groups is 1. The van der Waals surface area contributed by atoms with E-state index in [0.29, 0.717) is 11.3 Å². The van der Waals surface area contributed by atoms with Crippen molar-refractivity contribution in [2.75, 3.05) is 0 Å². The summed E-state index contributed by atoms with van der Waals surface area (Å²) in [7, 11) is 0. The molecule has 0 saturated carbocycles. The largest absolute Gasteiger partial charge is 0.477 e. The Bertz CT molecular complexity index is 592. The summed E-state index contributed by atoms with van der Waals surface area (Å²) in [5, 5.41) is 9.07. The minimum Gasteiger partial charge on any atom is -0.477 e. The standard InChI is InChI=1S/C12H9FINO2/c1-7-4-9(2-3-10(7)13)15-6-8(14)5-11(15)12(16)17/h2-6H,1H3,(H,16,17). The molecule has 0 unspecified atom stereocenters. The van der Waals surface area contributed by atoms with E-state index in [1.807, 2.05) is 22.6 Å². The van der Waals surface area contributed by atoms with Gasteiger partial charge in [-0.15, -0.1) is 0 Å². The van der Waals surface area contributed by atoms with Crippen LogP contribution in [0.1, 0.15) is 16.1 Å². The van der Waals surface area contributed by atoms with Crippen molar-refractivity contribution < 1.29 is 14.3 Å². The average Bonchev–Trinajstić information content (AvgIpc) is 2.64. The third-order valence-electron chi connectivity index (χ3n) is 2.43. The van der Waals surface area contributed by atoms with Crippen molar-refractivity contribution in [3.63, 3.8) is 0 Å². The Morgan fingerprint density at radius 3 is 2.71 bits per heavy atom. The summed E-state index contributed by atoms with van der Waals surface area (Å²) in [5.74, 6) is -1.30. The Morgan fingerprint density at radius 2 is 2.12 bits per heavy atom. The van der Waals surface area contributed by atoms with Gasteiger partial charge in [-0.2, -0.15) is 0 Å². The minimum atomic E-state index is -1.00. The van der Waals surface area contributed by atoms with Gasteiger partial charge in [-0.1, -0.05) is 0 Å². The van der Waals surface area contributed by atoms with Crippen molar-refractivity contribution >= 4 is 28.6 Å². The summed E-state index contributed by atoms with van der Waals surface area (Å²) in [6.45, 7) is 1.65. The summed E-state index contributed by atoms with van der Waals surface area (Å²) in [5.41, 5.74) is 1.30. The molecule has 0 aliphatic carbocycles. The fourth-order valence-electron chi connectivity index (χ4n) is 1.59. The molecule has 17 heavy (non-hydrogen) atoms. The molecular formula is C12H9FINO2. The van der Waals surface area contributed by atoms with Crippen LogP contribution < -0.4 is 0 Å². The first-order chi connectivity index (χ1) is 7.99. The predicted octanol–water partition coefficient (Wildman–Crippen LogP) is 3.23. The number of halogens is 2. The number of benzene rings is 1. The summed E-state index contributed by atoms with van der Waals surface area (Å²) in [6, 6.07) is 6.09. The Morgan fingerprint density at radius 1 is 1.41 bits per heavy atom. The van der Waals surface area contributed by atoms with Gasteiger partial charge in [0.15, 0.2) is 0 Å². The first kappa shape index (κ1) is 12.1. The van der Waals surface area contributed by atoms with Gasteiger partial charge in [-0.25, -0.2) is 9.18 Å². The van der Waals surface area contributed by atoms with Crippen LogP contribution in [0.2, 0.25) is 0 Å². The zero-order chi connectivity index (χ0) is 12.6. The van der Waals surface area contributed by atoms with Crippen molar-refractivity contribution in [3.8, 4) is 5.69 Å². The molecule has 2 rings (SSSR count). The molecule has 0 fully saturated rings. The number of aromatic nitrogens is 1. The lowest BCUT2D eigenvalue weighted by molar-refractivity contribution is 0.0688. The highest BCUT2D eigenvalue weighted by Gasteiger charge is 2.13. The maximum atomic E-state index is 13.2. The molecule has 2 aromatic rings. The van der Waals surface area contributed by atoms with E-state index >= 15 is 0 Å². The van der Waals surface area contributed by atoms with Crippen LogP contribution in [-0.4, -0.2) is 15.6 Å². The van der Waals surface area contributed by atoms with E-state index in [1.54, 1.807) is 31.3 Å². The third-order valence-corrected chi connectivity index (χ3v) is 3.02. The Hall–Kier alpha value is -1.37. The topological polar surface area (TPSA) is 42.2 Å². The minimum absolute atomic E-state index is 0.167. The van der Waals surface area contributed by atoms with Gasteiger partial charge in [0.2, 0.25) is 0 Å². The first-order valence-electron chi connectivity index (χ1n) is 4.87. The smallest absolute Gasteiger partial charge is 0.352 e. The van der Waals surface area contributed by atoms with Crippen molar-refractivity contribution in [2.24, 2.45) is 0 Å². The van der Waals surface area contributed by atoms with Crippen molar-refractivity contribution in [1.29, 1.82) is 0 Å². The van der Waals surface area contributed by atoms with E-state index in [1.165, 1.54) is 10.6 Å². The summed E-state index contributed by atoms with van der Waals surface area (Å²) in [4.78, 5) is 11.1. The van der Waals surface area contributed by atoms with Crippen LogP contribution >= 0.6 is 22.6 Å². The molecule has 1 aromatic carbocycles. The molecule has 1 aromatic heterocycles. The molecule has 0 radical (unpaired) electrons. The number of aromatic carboxylic acids is 1. The molecule has 5 heteroatoms. The van der Waals surface area contributed by atoms with Crippen molar-refractivity contribution in [1.82, 2.24) is 4.57 Å². The second-order valence-electron chi connectivity index (χ2n) is 3.65. The second-order valence-corrected chi connectivity index (χ2v) is 4.90. The number of hydrogen-bond donors (Lipinski definition) is 1. The van der Waals surface area contributed by atoms with Gasteiger partial charge >= 0.3 is 5.97 Å². The maximum Gasteiger partial charge on any atom is 0.352 e. The zero-order valence-corrected chi connectivity index (χ0v) is 11.1. The predicted molar refractivity (Wildman–Crippen MR) is 70.1 cm³/mol. The quantitative estimate of drug-likeness (QED) is 0.850. The average molecular weight is 345 g/mol. The Kier molecular flexibility index (Phi) is 3.19. The number of rotatable bonds is 2. The molecule has 88 valence electrons. The number of hydrogen-bond acceptors (Lipinski definition) is 1. The number of nitrogens with zero attached hydrogens (tertiary/aromatic N) is 1. The lowest BCUT2D eigenvalue weighted by Gasteiger charge is -2.07. The fourth-order valence-corrected chi connectivity index (χ4v) is 2.16. The van der Waals surface area contributed by atoms with Gasteiger partial charge in [0.05, 0.1) is 0 Å². The summed E-state index contributed by atoms with van der Waals surface area (Å²) >= 11 is 2.04. The van der Waals surface area contributed by atoms with Gasteiger partial charge in [0.25, 0.3) is 0 Å². The molecule has 1 heterocycles. The van der Waals surface area contributed by atoms with E-state index < -0.39 is 5.97 Å². The van der Waals surface area contributed by atoms with Crippen LogP contribution in [-0.2, 0) is 0 Å². The molecule has 1 N–H and O–H groups in total. The molecule has 0 amide bonds. The normalized spacial score (nSPS) is 10.5. The Balaban J connectivity index is 2.59. The van der Waals surface area contributed by atoms with Crippen LogP contribution in [0.25, 0.3) is 5.69 Å². The van der Waals surface area contributed by atoms with Gasteiger partial charge in [0, 0.05) is 15.5 Å². The maximum absolute atomic E-state index is 13.2. The second kappa shape index (κ2) is 4.48. The molecule has 0 spiro atoms. The van der Waals surface area contributed by atoms with Gasteiger partial charge in [-0.05, 0) is 59.3 Å². The van der Waals surface area contributed by atoms with Gasteiger partial charge in [0.1, 0.15) is 11.5 Å². The first-order valence-corrected chi connectivity index (χ1v) is 5.94. The van der Waals surface area contributed by atoms with E-state index in [4.69, 9.17) is 5.11 Å². The summed E-state index contributed by atoms with van der Waals surface area (Å²) < 4.78 is 15.5. The highest BCUT2D eigenvalue weighted by atomic mass is 127. The molecule has 0 bridgehead atoms.